The zero-order chi connectivity index (χ0) is 12.4. The van der Waals surface area contributed by atoms with Crippen molar-refractivity contribution in [1.82, 2.24) is 4.98 Å². The van der Waals surface area contributed by atoms with Crippen LogP contribution in [0.3, 0.4) is 0 Å². The van der Waals surface area contributed by atoms with Gasteiger partial charge < -0.3 is 9.64 Å². The Kier molecular flexibility index (Phi) is 3.42. The van der Waals surface area contributed by atoms with E-state index in [0.29, 0.717) is 18.7 Å². The Labute approximate surface area is 107 Å². The van der Waals surface area contributed by atoms with Crippen LogP contribution in [0.4, 0.5) is 5.69 Å². The number of esters is 1. The van der Waals surface area contributed by atoms with Crippen LogP contribution in [-0.4, -0.2) is 35.3 Å². The number of carbonyl (C=O) groups excluding carboxylic acids is 2. The number of carbonyl (C=O) groups is 2. The molecule has 2 rings (SSSR count). The van der Waals surface area contributed by atoms with Crippen LogP contribution in [0.15, 0.2) is 18.3 Å². The molecule has 0 saturated carbocycles. The van der Waals surface area contributed by atoms with Gasteiger partial charge in [-0.25, -0.2) is 9.78 Å². The molecule has 17 heavy (non-hydrogen) atoms. The minimum atomic E-state index is -0.536. The number of hydrogen-bond donors (Lipinski definition) is 0. The second-order valence-corrected chi connectivity index (χ2v) is 4.96. The highest BCUT2D eigenvalue weighted by molar-refractivity contribution is 9.09. The molecule has 90 valence electrons. The summed E-state index contributed by atoms with van der Waals surface area (Å²) in [4.78, 5) is 28.9. The zero-order valence-electron chi connectivity index (χ0n) is 9.22. The fourth-order valence-corrected chi connectivity index (χ4v) is 2.33. The van der Waals surface area contributed by atoms with Gasteiger partial charge in [0.1, 0.15) is 0 Å². The molecule has 1 unspecified atom stereocenters. The lowest BCUT2D eigenvalue weighted by Gasteiger charge is -2.17. The first-order valence-corrected chi connectivity index (χ1v) is 6.03. The monoisotopic (exact) mass is 298 g/mol. The van der Waals surface area contributed by atoms with E-state index in [0.717, 1.165) is 0 Å². The first-order valence-electron chi connectivity index (χ1n) is 5.11. The van der Waals surface area contributed by atoms with Gasteiger partial charge in [0.05, 0.1) is 12.8 Å². The van der Waals surface area contributed by atoms with Crippen LogP contribution in [-0.2, 0) is 9.53 Å². The van der Waals surface area contributed by atoms with Gasteiger partial charge in [0, 0.05) is 24.0 Å². The van der Waals surface area contributed by atoms with E-state index in [1.165, 1.54) is 13.3 Å². The maximum atomic E-state index is 11.8. The van der Waals surface area contributed by atoms with Gasteiger partial charge in [0.2, 0.25) is 5.91 Å². The Morgan fingerprint density at radius 2 is 2.41 bits per heavy atom. The number of pyridine rings is 1. The van der Waals surface area contributed by atoms with Crippen molar-refractivity contribution in [2.45, 2.75) is 11.2 Å². The Hall–Kier alpha value is -1.43. The van der Waals surface area contributed by atoms with Crippen LogP contribution in [0, 0.1) is 0 Å². The summed E-state index contributed by atoms with van der Waals surface area (Å²) < 4.78 is 4.65. The predicted octanol–water partition coefficient (Wildman–Crippen LogP) is 1.37. The first-order chi connectivity index (χ1) is 8.13. The van der Waals surface area contributed by atoms with Gasteiger partial charge in [-0.2, -0.15) is 0 Å². The highest BCUT2D eigenvalue weighted by Crippen LogP contribution is 2.27. The zero-order valence-corrected chi connectivity index (χ0v) is 10.8. The number of hydrogen-bond acceptors (Lipinski definition) is 4. The van der Waals surface area contributed by atoms with E-state index in [4.69, 9.17) is 0 Å². The molecule has 0 N–H and O–H groups in total. The summed E-state index contributed by atoms with van der Waals surface area (Å²) in [6.45, 7) is 0.536. The highest BCUT2D eigenvalue weighted by atomic mass is 79.9. The number of halogens is 1. The molecule has 1 aromatic rings. The third-order valence-corrected chi connectivity index (χ3v) is 3.15. The van der Waals surface area contributed by atoms with Crippen LogP contribution >= 0.6 is 15.9 Å². The van der Waals surface area contributed by atoms with Crippen molar-refractivity contribution in [3.05, 3.63) is 24.0 Å². The van der Waals surface area contributed by atoms with E-state index < -0.39 is 5.97 Å². The summed E-state index contributed by atoms with van der Waals surface area (Å²) in [5, 5.41) is 0. The van der Waals surface area contributed by atoms with Gasteiger partial charge in [0.25, 0.3) is 0 Å². The third-order valence-electron chi connectivity index (χ3n) is 2.53. The molecule has 2 heterocycles. The van der Waals surface area contributed by atoms with Crippen molar-refractivity contribution in [3.63, 3.8) is 0 Å². The number of amides is 1. The lowest BCUT2D eigenvalue weighted by Crippen LogP contribution is -2.27. The lowest BCUT2D eigenvalue weighted by atomic mass is 10.2. The Bertz CT molecular complexity index is 464. The number of nitrogens with zero attached hydrogens (tertiary/aromatic N) is 2. The molecule has 0 radical (unpaired) electrons. The predicted molar refractivity (Wildman–Crippen MR) is 65.3 cm³/mol. The van der Waals surface area contributed by atoms with Gasteiger partial charge in [-0.15, -0.1) is 0 Å². The van der Waals surface area contributed by atoms with Gasteiger partial charge in [-0.1, -0.05) is 15.9 Å². The number of anilines is 1. The van der Waals surface area contributed by atoms with Gasteiger partial charge in [-0.05, 0) is 12.1 Å². The minimum absolute atomic E-state index is 0.0231. The van der Waals surface area contributed by atoms with E-state index in [-0.39, 0.29) is 16.4 Å². The maximum absolute atomic E-state index is 11.8. The molecule has 0 bridgehead atoms. The van der Waals surface area contributed by atoms with E-state index in [2.05, 4.69) is 25.7 Å². The molecule has 0 aliphatic carbocycles. The van der Waals surface area contributed by atoms with Crippen LogP contribution < -0.4 is 4.90 Å². The van der Waals surface area contributed by atoms with Crippen molar-refractivity contribution < 1.29 is 14.3 Å². The molecular formula is C11H11BrN2O3. The van der Waals surface area contributed by atoms with Crippen molar-refractivity contribution in [1.29, 1.82) is 0 Å². The van der Waals surface area contributed by atoms with E-state index in [1.54, 1.807) is 17.0 Å². The second-order valence-electron chi connectivity index (χ2n) is 3.67. The number of methoxy groups -OCH3 is 1. The molecule has 0 aromatic carbocycles. The van der Waals surface area contributed by atoms with Crippen LogP contribution in [0.2, 0.25) is 0 Å². The number of rotatable bonds is 2. The number of ether oxygens (including phenoxy) is 1. The molecule has 1 fully saturated rings. The molecule has 1 amide bonds. The van der Waals surface area contributed by atoms with E-state index >= 15 is 0 Å². The molecule has 1 atom stereocenters. The van der Waals surface area contributed by atoms with E-state index in [9.17, 15) is 9.59 Å². The van der Waals surface area contributed by atoms with Crippen LogP contribution in [0.5, 0.6) is 0 Å². The van der Waals surface area contributed by atoms with Gasteiger partial charge in [0.15, 0.2) is 5.69 Å². The fourth-order valence-electron chi connectivity index (χ4n) is 1.77. The van der Waals surface area contributed by atoms with Crippen molar-refractivity contribution in [2.24, 2.45) is 0 Å². The fraction of sp³-hybridized carbons (Fsp3) is 0.364. The quantitative estimate of drug-likeness (QED) is 0.611. The van der Waals surface area contributed by atoms with Crippen molar-refractivity contribution in [3.8, 4) is 0 Å². The average Bonchev–Trinajstić information content (AvgIpc) is 2.67. The second kappa shape index (κ2) is 4.83. The first kappa shape index (κ1) is 12.0. The number of aromatic nitrogens is 1. The summed E-state index contributed by atoms with van der Waals surface area (Å²) >= 11 is 3.40. The molecule has 6 heteroatoms. The van der Waals surface area contributed by atoms with E-state index in [1.807, 2.05) is 0 Å². The molecule has 5 nitrogen and oxygen atoms in total. The smallest absolute Gasteiger partial charge is 0.358 e. The third kappa shape index (κ3) is 2.31. The molecule has 0 spiro atoms. The SMILES string of the molecule is COC(=O)c1ncccc1N1CC(Br)CC1=O. The summed E-state index contributed by atoms with van der Waals surface area (Å²) in [7, 11) is 1.29. The average molecular weight is 299 g/mol. The highest BCUT2D eigenvalue weighted by Gasteiger charge is 2.31. The minimum Gasteiger partial charge on any atom is -0.464 e. The molecule has 1 aromatic heterocycles. The van der Waals surface area contributed by atoms with Gasteiger partial charge in [-0.3, -0.25) is 4.79 Å². The topological polar surface area (TPSA) is 59.5 Å². The van der Waals surface area contributed by atoms with Crippen molar-refractivity contribution in [2.75, 3.05) is 18.6 Å². The molecule has 1 saturated heterocycles. The maximum Gasteiger partial charge on any atom is 0.358 e. The molecule has 1 aliphatic rings. The molecular weight excluding hydrogens is 288 g/mol. The summed E-state index contributed by atoms with van der Waals surface area (Å²) in [6.07, 6.45) is 1.93. The summed E-state index contributed by atoms with van der Waals surface area (Å²) in [6, 6.07) is 3.39. The van der Waals surface area contributed by atoms with Crippen LogP contribution in [0.25, 0.3) is 0 Å². The summed E-state index contributed by atoms with van der Waals surface area (Å²) in [5.74, 6) is -0.559. The normalized spacial score (nSPS) is 19.5. The Balaban J connectivity index is 2.38. The van der Waals surface area contributed by atoms with Gasteiger partial charge >= 0.3 is 5.97 Å². The lowest BCUT2D eigenvalue weighted by molar-refractivity contribution is -0.117. The van der Waals surface area contributed by atoms with Crippen LogP contribution in [0.1, 0.15) is 16.9 Å². The standard InChI is InChI=1S/C11H11BrN2O3/c1-17-11(16)10-8(3-2-4-13-10)14-6-7(12)5-9(14)15/h2-4,7H,5-6H2,1H3. The Morgan fingerprint density at radius 1 is 1.65 bits per heavy atom. The molecule has 1 aliphatic heterocycles. The summed E-state index contributed by atoms with van der Waals surface area (Å²) in [5.41, 5.74) is 0.677. The van der Waals surface area contributed by atoms with Crippen molar-refractivity contribution >= 4 is 33.5 Å². The Morgan fingerprint density at radius 3 is 3.00 bits per heavy atom. The number of alkyl halides is 1. The largest absolute Gasteiger partial charge is 0.464 e.